The van der Waals surface area contributed by atoms with Crippen LogP contribution in [0.25, 0.3) is 0 Å². The van der Waals surface area contributed by atoms with Crippen LogP contribution in [-0.4, -0.2) is 39.2 Å². The highest BCUT2D eigenvalue weighted by Gasteiger charge is 2.12. The summed E-state index contributed by atoms with van der Waals surface area (Å²) in [5.41, 5.74) is 1.66. The second kappa shape index (κ2) is 13.3. The average Bonchev–Trinajstić information content (AvgIpc) is 2.74. The lowest BCUT2D eigenvalue weighted by Crippen LogP contribution is -2.41. The quantitative estimate of drug-likeness (QED) is 0.206. The van der Waals surface area contributed by atoms with Crippen molar-refractivity contribution in [1.82, 2.24) is 10.6 Å². The normalized spacial score (nSPS) is 10.5. The maximum Gasteiger partial charge on any atom is 0.387 e. The molecular weight excluding hydrogens is 521 g/mol. The van der Waals surface area contributed by atoms with E-state index in [0.29, 0.717) is 28.5 Å². The van der Waals surface area contributed by atoms with Gasteiger partial charge >= 0.3 is 6.61 Å². The number of ether oxygens (including phenoxy) is 2. The third-order valence-corrected chi connectivity index (χ3v) is 3.88. The Morgan fingerprint density at radius 2 is 2.00 bits per heavy atom. The van der Waals surface area contributed by atoms with Crippen molar-refractivity contribution in [3.05, 3.63) is 53.6 Å². The molecule has 0 bridgehead atoms. The minimum Gasteiger partial charge on any atom is -0.497 e. The van der Waals surface area contributed by atoms with Gasteiger partial charge < -0.3 is 25.4 Å². The number of aliphatic imine (C=N–C) groups is 1. The zero-order valence-corrected chi connectivity index (χ0v) is 19.3. The Morgan fingerprint density at radius 3 is 2.65 bits per heavy atom. The number of nitrogens with zero attached hydrogens (tertiary/aromatic N) is 1. The minimum absolute atomic E-state index is 0. The van der Waals surface area contributed by atoms with Gasteiger partial charge in [0.25, 0.3) is 0 Å². The molecule has 0 heterocycles. The highest BCUT2D eigenvalue weighted by atomic mass is 127. The Morgan fingerprint density at radius 1 is 1.23 bits per heavy atom. The predicted octanol–water partition coefficient (Wildman–Crippen LogP) is 3.20. The van der Waals surface area contributed by atoms with Crippen molar-refractivity contribution in [1.29, 1.82) is 0 Å². The first-order chi connectivity index (χ1) is 14.4. The first-order valence-electron chi connectivity index (χ1n) is 8.88. The summed E-state index contributed by atoms with van der Waals surface area (Å²) in [5.74, 6) is 2.99. The molecule has 0 radical (unpaired) electrons. The number of terminal acetylenes is 1. The number of guanidine groups is 1. The van der Waals surface area contributed by atoms with Crippen molar-refractivity contribution in [3.63, 3.8) is 0 Å². The van der Waals surface area contributed by atoms with Gasteiger partial charge in [-0.25, -0.2) is 0 Å². The molecule has 0 saturated carbocycles. The smallest absolute Gasteiger partial charge is 0.387 e. The van der Waals surface area contributed by atoms with Crippen LogP contribution in [0.4, 0.5) is 14.5 Å². The van der Waals surface area contributed by atoms with Gasteiger partial charge in [-0.05, 0) is 36.4 Å². The maximum atomic E-state index is 12.6. The van der Waals surface area contributed by atoms with E-state index in [-0.39, 0.29) is 48.7 Å². The first kappa shape index (κ1) is 26.0. The topological polar surface area (TPSA) is 84.0 Å². The van der Waals surface area contributed by atoms with E-state index in [0.717, 1.165) is 0 Å². The standard InChI is InChI=1S/C21H22F2N4O3.HI/c1-4-14-6-5-7-16(10-14)27-19(28)13-26-21(24-2)25-12-15-11-17(29-3)8-9-18(15)30-20(22)23;/h1,5-11,20H,12-13H2,2-3H3,(H,27,28)(H2,24,25,26);1H. The molecule has 1 amide bonds. The van der Waals surface area contributed by atoms with E-state index in [9.17, 15) is 13.6 Å². The van der Waals surface area contributed by atoms with Gasteiger partial charge in [-0.15, -0.1) is 30.4 Å². The number of benzene rings is 2. The summed E-state index contributed by atoms with van der Waals surface area (Å²) in [6.07, 6.45) is 5.35. The van der Waals surface area contributed by atoms with Gasteiger partial charge in [-0.1, -0.05) is 12.0 Å². The van der Waals surface area contributed by atoms with E-state index in [1.807, 2.05) is 0 Å². The molecule has 0 atom stereocenters. The lowest BCUT2D eigenvalue weighted by atomic mass is 10.2. The van der Waals surface area contributed by atoms with Crippen molar-refractivity contribution in [2.45, 2.75) is 13.2 Å². The number of anilines is 1. The van der Waals surface area contributed by atoms with Gasteiger partial charge in [0.1, 0.15) is 11.5 Å². The number of rotatable bonds is 8. The third-order valence-electron chi connectivity index (χ3n) is 3.88. The molecule has 2 rings (SSSR count). The summed E-state index contributed by atoms with van der Waals surface area (Å²) >= 11 is 0. The molecule has 2 aromatic rings. The Bertz CT molecular complexity index is 948. The van der Waals surface area contributed by atoms with Crippen LogP contribution in [0.2, 0.25) is 0 Å². The van der Waals surface area contributed by atoms with Crippen molar-refractivity contribution in [2.75, 3.05) is 26.0 Å². The Labute approximate surface area is 196 Å². The van der Waals surface area contributed by atoms with Gasteiger partial charge in [0.15, 0.2) is 5.96 Å². The highest BCUT2D eigenvalue weighted by Crippen LogP contribution is 2.25. The van der Waals surface area contributed by atoms with E-state index in [4.69, 9.17) is 11.2 Å². The summed E-state index contributed by atoms with van der Waals surface area (Å²) in [6, 6.07) is 11.4. The van der Waals surface area contributed by atoms with E-state index in [2.05, 4.69) is 31.6 Å². The second-order valence-corrected chi connectivity index (χ2v) is 5.90. The molecule has 0 aliphatic rings. The van der Waals surface area contributed by atoms with Crippen LogP contribution in [0.15, 0.2) is 47.5 Å². The number of methoxy groups -OCH3 is 1. The zero-order chi connectivity index (χ0) is 21.9. The van der Waals surface area contributed by atoms with E-state index in [1.165, 1.54) is 26.3 Å². The molecule has 0 fully saturated rings. The van der Waals surface area contributed by atoms with Crippen LogP contribution < -0.4 is 25.4 Å². The van der Waals surface area contributed by atoms with Gasteiger partial charge in [-0.2, -0.15) is 8.78 Å². The first-order valence-corrected chi connectivity index (χ1v) is 8.88. The van der Waals surface area contributed by atoms with Crippen LogP contribution in [0.3, 0.4) is 0 Å². The Balaban J connectivity index is 0.00000480. The number of carbonyl (C=O) groups is 1. The molecule has 0 aliphatic heterocycles. The summed E-state index contributed by atoms with van der Waals surface area (Å²) < 4.78 is 34.9. The molecule has 31 heavy (non-hydrogen) atoms. The molecule has 0 unspecified atom stereocenters. The third kappa shape index (κ3) is 8.67. The lowest BCUT2D eigenvalue weighted by molar-refractivity contribution is -0.115. The number of hydrogen-bond acceptors (Lipinski definition) is 4. The average molecular weight is 544 g/mol. The van der Waals surface area contributed by atoms with Crippen LogP contribution in [-0.2, 0) is 11.3 Å². The molecule has 10 heteroatoms. The van der Waals surface area contributed by atoms with E-state index >= 15 is 0 Å². The van der Waals surface area contributed by atoms with Crippen LogP contribution >= 0.6 is 24.0 Å². The fourth-order valence-corrected chi connectivity index (χ4v) is 2.49. The molecule has 0 saturated heterocycles. The van der Waals surface area contributed by atoms with Gasteiger partial charge in [0.05, 0.1) is 13.7 Å². The number of hydrogen-bond donors (Lipinski definition) is 3. The van der Waals surface area contributed by atoms with Crippen molar-refractivity contribution in [3.8, 4) is 23.8 Å². The minimum atomic E-state index is -2.95. The van der Waals surface area contributed by atoms with Crippen molar-refractivity contribution in [2.24, 2.45) is 4.99 Å². The van der Waals surface area contributed by atoms with Gasteiger partial charge in [0, 0.05) is 30.4 Å². The molecule has 7 nitrogen and oxygen atoms in total. The number of carbonyl (C=O) groups excluding carboxylic acids is 1. The van der Waals surface area contributed by atoms with Crippen LogP contribution in [0.5, 0.6) is 11.5 Å². The second-order valence-electron chi connectivity index (χ2n) is 5.90. The molecular formula is C21H23F2IN4O3. The number of amides is 1. The maximum absolute atomic E-state index is 12.6. The fourth-order valence-electron chi connectivity index (χ4n) is 2.49. The van der Waals surface area contributed by atoms with Gasteiger partial charge in [-0.3, -0.25) is 9.79 Å². The van der Waals surface area contributed by atoms with E-state index in [1.54, 1.807) is 30.3 Å². The Hall–Kier alpha value is -3.07. The SMILES string of the molecule is C#Cc1cccc(NC(=O)CNC(=NC)NCc2cc(OC)ccc2OC(F)F)c1.I. The summed E-state index contributed by atoms with van der Waals surface area (Å²) in [6.45, 7) is -2.91. The predicted molar refractivity (Wildman–Crippen MR) is 126 cm³/mol. The van der Waals surface area contributed by atoms with Crippen molar-refractivity contribution < 1.29 is 23.0 Å². The molecule has 2 aromatic carbocycles. The summed E-state index contributed by atoms with van der Waals surface area (Å²) in [5, 5.41) is 8.50. The number of halogens is 3. The summed E-state index contributed by atoms with van der Waals surface area (Å²) in [4.78, 5) is 16.1. The largest absolute Gasteiger partial charge is 0.497 e. The summed E-state index contributed by atoms with van der Waals surface area (Å²) in [7, 11) is 2.99. The number of nitrogens with one attached hydrogen (secondary N) is 3. The Kier molecular flexibility index (Phi) is 11.1. The number of alkyl halides is 2. The molecule has 3 N–H and O–H groups in total. The van der Waals surface area contributed by atoms with Gasteiger partial charge in [0.2, 0.25) is 5.91 Å². The van der Waals surface area contributed by atoms with Crippen LogP contribution in [0, 0.1) is 12.3 Å². The zero-order valence-electron chi connectivity index (χ0n) is 16.9. The van der Waals surface area contributed by atoms with Crippen LogP contribution in [0.1, 0.15) is 11.1 Å². The molecule has 0 aliphatic carbocycles. The van der Waals surface area contributed by atoms with Crippen molar-refractivity contribution >= 4 is 41.5 Å². The molecule has 0 aromatic heterocycles. The fraction of sp³-hybridized carbons (Fsp3) is 0.238. The van der Waals surface area contributed by atoms with E-state index < -0.39 is 6.61 Å². The molecule has 166 valence electrons. The molecule has 0 spiro atoms. The lowest BCUT2D eigenvalue weighted by Gasteiger charge is -2.15. The monoisotopic (exact) mass is 544 g/mol. The highest BCUT2D eigenvalue weighted by molar-refractivity contribution is 14.0.